The van der Waals surface area contributed by atoms with Crippen molar-refractivity contribution in [1.82, 2.24) is 10.6 Å². The maximum atomic E-state index is 13.8. The van der Waals surface area contributed by atoms with Gasteiger partial charge in [-0.05, 0) is 28.7 Å². The van der Waals surface area contributed by atoms with Crippen LogP contribution in [-0.2, 0) is 23.9 Å². The van der Waals surface area contributed by atoms with Crippen LogP contribution in [0.2, 0.25) is 0 Å². The van der Waals surface area contributed by atoms with Gasteiger partial charge in [-0.15, -0.1) is 11.8 Å². The lowest BCUT2D eigenvalue weighted by molar-refractivity contribution is -0.142. The second-order valence-electron chi connectivity index (χ2n) is 10.4. The summed E-state index contributed by atoms with van der Waals surface area (Å²) in [5.41, 5.74) is 8.80. The molecule has 0 fully saturated rings. The molecule has 2 amide bonds. The average molecular weight is 626 g/mol. The van der Waals surface area contributed by atoms with Gasteiger partial charge in [0.05, 0.1) is 4.75 Å². The van der Waals surface area contributed by atoms with E-state index >= 15 is 0 Å². The van der Waals surface area contributed by atoms with Crippen LogP contribution in [0.4, 0.5) is 0 Å². The number of rotatable bonds is 15. The maximum Gasteiger partial charge on any atom is 0.330 e. The van der Waals surface area contributed by atoms with E-state index in [9.17, 15) is 24.3 Å². The van der Waals surface area contributed by atoms with E-state index in [1.165, 1.54) is 11.8 Å². The molecule has 0 aliphatic rings. The summed E-state index contributed by atoms with van der Waals surface area (Å²) in [5.74, 6) is -3.73. The molecule has 0 bridgehead atoms. The third-order valence-corrected chi connectivity index (χ3v) is 8.97. The van der Waals surface area contributed by atoms with Crippen molar-refractivity contribution in [3.8, 4) is 0 Å². The van der Waals surface area contributed by atoms with Gasteiger partial charge in [-0.25, -0.2) is 4.79 Å². The Morgan fingerprint density at radius 1 is 0.667 bits per heavy atom. The Hall–Kier alpha value is -4.93. The molecular formula is C35H35N3O6S. The van der Waals surface area contributed by atoms with Crippen molar-refractivity contribution >= 4 is 35.5 Å². The van der Waals surface area contributed by atoms with Gasteiger partial charge in [0.25, 0.3) is 0 Å². The Kier molecular flexibility index (Phi) is 11.5. The normalized spacial score (nSPS) is 13.2. The lowest BCUT2D eigenvalue weighted by Crippen LogP contribution is -2.51. The molecule has 0 saturated heterocycles. The number of aliphatic carboxylic acids is 2. The largest absolute Gasteiger partial charge is 0.480 e. The Morgan fingerprint density at radius 2 is 1.11 bits per heavy atom. The number of hydrogen-bond donors (Lipinski definition) is 5. The van der Waals surface area contributed by atoms with Gasteiger partial charge in [0.2, 0.25) is 11.8 Å². The molecule has 3 atom stereocenters. The van der Waals surface area contributed by atoms with Gasteiger partial charge >= 0.3 is 11.9 Å². The van der Waals surface area contributed by atoms with Gasteiger partial charge in [-0.2, -0.15) is 0 Å². The molecule has 9 nitrogen and oxygen atoms in total. The number of nitrogens with one attached hydrogen (secondary N) is 2. The van der Waals surface area contributed by atoms with E-state index in [4.69, 9.17) is 10.8 Å². The van der Waals surface area contributed by atoms with E-state index in [-0.39, 0.29) is 18.6 Å². The van der Waals surface area contributed by atoms with Crippen molar-refractivity contribution in [2.45, 2.75) is 35.7 Å². The Balaban J connectivity index is 1.72. The van der Waals surface area contributed by atoms with Crippen LogP contribution in [0.3, 0.4) is 0 Å². The van der Waals surface area contributed by atoms with Crippen molar-refractivity contribution < 1.29 is 29.4 Å². The lowest BCUT2D eigenvalue weighted by Gasteiger charge is -2.36. The molecule has 1 unspecified atom stereocenters. The Morgan fingerprint density at radius 3 is 1.53 bits per heavy atom. The summed E-state index contributed by atoms with van der Waals surface area (Å²) < 4.78 is -0.815. The molecule has 4 rings (SSSR count). The third-order valence-electron chi connectivity index (χ3n) is 7.33. The lowest BCUT2D eigenvalue weighted by atomic mass is 9.84. The summed E-state index contributed by atoms with van der Waals surface area (Å²) in [7, 11) is 0. The number of benzene rings is 4. The molecule has 0 spiro atoms. The predicted molar refractivity (Wildman–Crippen MR) is 173 cm³/mol. The smallest absolute Gasteiger partial charge is 0.330 e. The van der Waals surface area contributed by atoms with Crippen LogP contribution >= 0.6 is 11.8 Å². The number of carbonyl (C=O) groups excluding carboxylic acids is 2. The molecule has 4 aromatic rings. The first-order valence-electron chi connectivity index (χ1n) is 14.4. The fourth-order valence-corrected chi connectivity index (χ4v) is 6.57. The van der Waals surface area contributed by atoms with E-state index < -0.39 is 46.6 Å². The Bertz CT molecular complexity index is 1480. The van der Waals surface area contributed by atoms with Crippen molar-refractivity contribution in [3.05, 3.63) is 144 Å². The maximum absolute atomic E-state index is 13.8. The zero-order chi connectivity index (χ0) is 32.2. The van der Waals surface area contributed by atoms with Gasteiger partial charge in [0.15, 0.2) is 6.04 Å². The fraction of sp³-hybridized carbons (Fsp3) is 0.200. The van der Waals surface area contributed by atoms with Crippen molar-refractivity contribution in [3.63, 3.8) is 0 Å². The zero-order valence-electron chi connectivity index (χ0n) is 24.4. The fourth-order valence-electron chi connectivity index (χ4n) is 5.01. The van der Waals surface area contributed by atoms with E-state index in [0.717, 1.165) is 16.7 Å². The SMILES string of the molecule is NC(CCC(=O)N[C@@H](CSC(c1ccccc1)(c1ccccc1)c1ccccc1)C(=O)N[C@@H](C(=O)O)c1ccccc1)C(=O)O. The van der Waals surface area contributed by atoms with Crippen LogP contribution in [-0.4, -0.2) is 51.8 Å². The number of thioether (sulfide) groups is 1. The van der Waals surface area contributed by atoms with Crippen LogP contribution in [0, 0.1) is 0 Å². The minimum atomic E-state index is -1.36. The average Bonchev–Trinajstić information content (AvgIpc) is 3.07. The van der Waals surface area contributed by atoms with Gasteiger partial charge in [0, 0.05) is 12.2 Å². The van der Waals surface area contributed by atoms with Crippen LogP contribution in [0.25, 0.3) is 0 Å². The van der Waals surface area contributed by atoms with Crippen molar-refractivity contribution in [2.24, 2.45) is 5.73 Å². The molecule has 0 aromatic heterocycles. The molecule has 0 saturated carbocycles. The molecule has 232 valence electrons. The minimum absolute atomic E-state index is 0.0440. The molecule has 0 radical (unpaired) electrons. The van der Waals surface area contributed by atoms with Gasteiger partial charge in [-0.1, -0.05) is 121 Å². The highest BCUT2D eigenvalue weighted by atomic mass is 32.2. The number of amides is 2. The summed E-state index contributed by atoms with van der Waals surface area (Å²) >= 11 is 1.43. The number of carbonyl (C=O) groups is 4. The van der Waals surface area contributed by atoms with Crippen molar-refractivity contribution in [2.75, 3.05) is 5.75 Å². The monoisotopic (exact) mass is 625 g/mol. The van der Waals surface area contributed by atoms with E-state index in [1.54, 1.807) is 30.3 Å². The molecule has 0 aliphatic carbocycles. The zero-order valence-corrected chi connectivity index (χ0v) is 25.2. The first-order chi connectivity index (χ1) is 21.7. The number of nitrogens with two attached hydrogens (primary N) is 1. The molecule has 6 N–H and O–H groups in total. The second-order valence-corrected chi connectivity index (χ2v) is 11.6. The molecule has 45 heavy (non-hydrogen) atoms. The quantitative estimate of drug-likeness (QED) is 0.122. The Labute approximate surface area is 265 Å². The van der Waals surface area contributed by atoms with Crippen molar-refractivity contribution in [1.29, 1.82) is 0 Å². The number of carboxylic acids is 2. The highest BCUT2D eigenvalue weighted by Gasteiger charge is 2.39. The topological polar surface area (TPSA) is 159 Å². The molecular weight excluding hydrogens is 590 g/mol. The number of carboxylic acid groups (broad SMARTS) is 2. The van der Waals surface area contributed by atoms with E-state index in [0.29, 0.717) is 5.56 Å². The van der Waals surface area contributed by atoms with Crippen LogP contribution in [0.15, 0.2) is 121 Å². The molecule has 10 heteroatoms. The standard InChI is InChI=1S/C35H35N3O6S/c36-28(33(41)42)21-22-30(39)37-29(32(40)38-31(34(43)44)24-13-5-1-6-14-24)23-45-35(25-15-7-2-8-16-25,26-17-9-3-10-18-26)27-19-11-4-12-20-27/h1-20,28-29,31H,21-23,36H2,(H,37,39)(H,38,40)(H,41,42)(H,43,44)/t28?,29-,31+/m0/s1. The van der Waals surface area contributed by atoms with E-state index in [1.807, 2.05) is 91.0 Å². The van der Waals surface area contributed by atoms with Crippen LogP contribution < -0.4 is 16.4 Å². The van der Waals surface area contributed by atoms with Gasteiger partial charge in [0.1, 0.15) is 12.1 Å². The highest BCUT2D eigenvalue weighted by molar-refractivity contribution is 8.00. The molecule has 4 aromatic carbocycles. The van der Waals surface area contributed by atoms with Gasteiger partial charge in [-0.3, -0.25) is 14.4 Å². The summed E-state index contributed by atoms with van der Waals surface area (Å²) in [6, 6.07) is 33.9. The third kappa shape index (κ3) is 8.37. The molecule has 0 heterocycles. The molecule has 0 aliphatic heterocycles. The van der Waals surface area contributed by atoms with E-state index in [2.05, 4.69) is 10.6 Å². The number of hydrogen-bond acceptors (Lipinski definition) is 6. The summed E-state index contributed by atoms with van der Waals surface area (Å²) in [5, 5.41) is 24.4. The minimum Gasteiger partial charge on any atom is -0.480 e. The summed E-state index contributed by atoms with van der Waals surface area (Å²) in [4.78, 5) is 50.3. The summed E-state index contributed by atoms with van der Waals surface area (Å²) in [6.45, 7) is 0. The predicted octanol–water partition coefficient (Wildman–Crippen LogP) is 4.33. The first-order valence-corrected chi connectivity index (χ1v) is 15.4. The first kappa shape index (κ1) is 33.0. The second kappa shape index (κ2) is 15.7. The van der Waals surface area contributed by atoms with Crippen LogP contribution in [0.5, 0.6) is 0 Å². The summed E-state index contributed by atoms with van der Waals surface area (Å²) in [6.07, 6.45) is -0.365. The highest BCUT2D eigenvalue weighted by Crippen LogP contribution is 2.48. The van der Waals surface area contributed by atoms with Gasteiger partial charge < -0.3 is 26.6 Å². The van der Waals surface area contributed by atoms with Crippen LogP contribution in [0.1, 0.15) is 41.1 Å².